The van der Waals surface area contributed by atoms with Crippen molar-refractivity contribution in [3.05, 3.63) is 24.3 Å². The minimum Gasteiger partial charge on any atom is -0.329 e. The van der Waals surface area contributed by atoms with Crippen molar-refractivity contribution in [2.24, 2.45) is 11.1 Å². The predicted octanol–water partition coefficient (Wildman–Crippen LogP) is 1.01. The van der Waals surface area contributed by atoms with Gasteiger partial charge < -0.3 is 11.1 Å². The largest absolute Gasteiger partial charge is 0.329 e. The molecule has 0 spiro atoms. The third-order valence-electron chi connectivity index (χ3n) is 2.65. The van der Waals surface area contributed by atoms with E-state index in [2.05, 4.69) is 5.32 Å². The van der Waals surface area contributed by atoms with Gasteiger partial charge in [0.25, 0.3) is 0 Å². The molecule has 0 aliphatic carbocycles. The van der Waals surface area contributed by atoms with Crippen LogP contribution in [0.25, 0.3) is 0 Å². The van der Waals surface area contributed by atoms with Gasteiger partial charge in [0, 0.05) is 18.5 Å². The summed E-state index contributed by atoms with van der Waals surface area (Å²) in [6.07, 6.45) is 1.12. The molecule has 1 amide bonds. The van der Waals surface area contributed by atoms with E-state index >= 15 is 0 Å². The van der Waals surface area contributed by atoms with Gasteiger partial charge in [0.05, 0.1) is 10.3 Å². The lowest BCUT2D eigenvalue weighted by Crippen LogP contribution is -2.37. The van der Waals surface area contributed by atoms with E-state index in [1.54, 1.807) is 26.0 Å². The highest BCUT2D eigenvalue weighted by molar-refractivity contribution is 7.90. The first-order chi connectivity index (χ1) is 8.16. The van der Waals surface area contributed by atoms with Crippen molar-refractivity contribution >= 4 is 21.4 Å². The summed E-state index contributed by atoms with van der Waals surface area (Å²) in [5.74, 6) is -0.240. The van der Waals surface area contributed by atoms with Crippen LogP contribution in [0.15, 0.2) is 29.2 Å². The molecule has 0 unspecified atom stereocenters. The first kappa shape index (κ1) is 14.7. The third kappa shape index (κ3) is 3.54. The molecular formula is C12H18N2O3S. The Kier molecular flexibility index (Phi) is 4.13. The van der Waals surface area contributed by atoms with E-state index < -0.39 is 15.3 Å². The van der Waals surface area contributed by atoms with E-state index in [9.17, 15) is 13.2 Å². The van der Waals surface area contributed by atoms with Crippen molar-refractivity contribution in [3.8, 4) is 0 Å². The lowest BCUT2D eigenvalue weighted by atomic mass is 9.92. The number of carbonyl (C=O) groups excluding carboxylic acids is 1. The number of nitrogens with two attached hydrogens (primary N) is 1. The molecule has 0 heterocycles. The monoisotopic (exact) mass is 270 g/mol. The minimum absolute atomic E-state index is 0.172. The third-order valence-corrected chi connectivity index (χ3v) is 3.76. The molecule has 1 rings (SSSR count). The fourth-order valence-electron chi connectivity index (χ4n) is 1.20. The van der Waals surface area contributed by atoms with E-state index in [1.807, 2.05) is 0 Å². The molecule has 0 atom stereocenters. The van der Waals surface area contributed by atoms with E-state index in [0.29, 0.717) is 5.69 Å². The highest BCUT2D eigenvalue weighted by Crippen LogP contribution is 2.19. The molecule has 5 nitrogen and oxygen atoms in total. The Hall–Kier alpha value is -1.40. The van der Waals surface area contributed by atoms with Gasteiger partial charge in [-0.15, -0.1) is 0 Å². The molecule has 0 radical (unpaired) electrons. The van der Waals surface area contributed by atoms with Gasteiger partial charge in [-0.05, 0) is 32.0 Å². The van der Waals surface area contributed by atoms with Gasteiger partial charge in [0.1, 0.15) is 0 Å². The maximum atomic E-state index is 11.9. The number of hydrogen-bond donors (Lipinski definition) is 2. The van der Waals surface area contributed by atoms with Crippen molar-refractivity contribution < 1.29 is 13.2 Å². The number of rotatable bonds is 4. The average molecular weight is 270 g/mol. The Balaban J connectivity index is 2.97. The van der Waals surface area contributed by atoms with Crippen molar-refractivity contribution in [3.63, 3.8) is 0 Å². The fraction of sp³-hybridized carbons (Fsp3) is 0.417. The van der Waals surface area contributed by atoms with E-state index in [-0.39, 0.29) is 17.3 Å². The number of sulfone groups is 1. The van der Waals surface area contributed by atoms with Gasteiger partial charge in [0.15, 0.2) is 9.84 Å². The molecule has 100 valence electrons. The molecule has 18 heavy (non-hydrogen) atoms. The summed E-state index contributed by atoms with van der Waals surface area (Å²) in [4.78, 5) is 12.1. The zero-order chi connectivity index (χ0) is 14.0. The fourth-order valence-corrected chi connectivity index (χ4v) is 1.86. The molecule has 0 aliphatic rings. The van der Waals surface area contributed by atoms with Crippen LogP contribution in [0.3, 0.4) is 0 Å². The molecule has 1 aromatic rings. The van der Waals surface area contributed by atoms with Crippen LogP contribution in [0.4, 0.5) is 5.69 Å². The maximum absolute atomic E-state index is 11.9. The molecule has 0 aromatic heterocycles. The number of nitrogens with one attached hydrogen (secondary N) is 1. The van der Waals surface area contributed by atoms with Crippen LogP contribution in [0.5, 0.6) is 0 Å². The number of anilines is 1. The second-order valence-electron chi connectivity index (χ2n) is 4.84. The smallest absolute Gasteiger partial charge is 0.231 e. The topological polar surface area (TPSA) is 89.3 Å². The zero-order valence-electron chi connectivity index (χ0n) is 10.7. The summed E-state index contributed by atoms with van der Waals surface area (Å²) in [5, 5.41) is 2.66. The summed E-state index contributed by atoms with van der Waals surface area (Å²) in [7, 11) is -3.28. The van der Waals surface area contributed by atoms with Crippen LogP contribution in [0, 0.1) is 5.41 Å². The van der Waals surface area contributed by atoms with Crippen LogP contribution in [-0.2, 0) is 14.6 Å². The van der Waals surface area contributed by atoms with Crippen LogP contribution in [0.2, 0.25) is 0 Å². The Morgan fingerprint density at radius 2 is 2.00 bits per heavy atom. The average Bonchev–Trinajstić information content (AvgIpc) is 2.28. The quantitative estimate of drug-likeness (QED) is 0.854. The summed E-state index contributed by atoms with van der Waals surface area (Å²) in [6, 6.07) is 6.14. The van der Waals surface area contributed by atoms with Crippen LogP contribution in [0.1, 0.15) is 13.8 Å². The van der Waals surface area contributed by atoms with E-state index in [1.165, 1.54) is 12.1 Å². The predicted molar refractivity (Wildman–Crippen MR) is 71.0 cm³/mol. The summed E-state index contributed by atoms with van der Waals surface area (Å²) >= 11 is 0. The summed E-state index contributed by atoms with van der Waals surface area (Å²) < 4.78 is 22.8. The highest BCUT2D eigenvalue weighted by Gasteiger charge is 2.25. The number of carbonyl (C=O) groups is 1. The number of hydrogen-bond acceptors (Lipinski definition) is 4. The second kappa shape index (κ2) is 5.07. The van der Waals surface area contributed by atoms with Crippen LogP contribution < -0.4 is 11.1 Å². The van der Waals surface area contributed by atoms with Crippen molar-refractivity contribution in [2.45, 2.75) is 18.7 Å². The standard InChI is InChI=1S/C12H18N2O3S/c1-12(2,8-13)11(15)14-9-5-4-6-10(7-9)18(3,16)17/h4-7H,8,13H2,1-3H3,(H,14,15). The maximum Gasteiger partial charge on any atom is 0.231 e. The normalized spacial score (nSPS) is 12.2. The van der Waals surface area contributed by atoms with Crippen LogP contribution >= 0.6 is 0 Å². The minimum atomic E-state index is -3.28. The van der Waals surface area contributed by atoms with Gasteiger partial charge >= 0.3 is 0 Å². The van der Waals surface area contributed by atoms with Crippen molar-refractivity contribution in [1.82, 2.24) is 0 Å². The Bertz CT molecular complexity index is 550. The molecule has 6 heteroatoms. The van der Waals surface area contributed by atoms with E-state index in [4.69, 9.17) is 5.73 Å². The molecule has 3 N–H and O–H groups in total. The van der Waals surface area contributed by atoms with Gasteiger partial charge in [-0.25, -0.2) is 8.42 Å². The Morgan fingerprint density at radius 1 is 1.39 bits per heavy atom. The van der Waals surface area contributed by atoms with Gasteiger partial charge in [-0.3, -0.25) is 4.79 Å². The summed E-state index contributed by atoms with van der Waals surface area (Å²) in [6.45, 7) is 3.66. The van der Waals surface area contributed by atoms with Crippen molar-refractivity contribution in [2.75, 3.05) is 18.1 Å². The number of benzene rings is 1. The molecule has 0 fully saturated rings. The van der Waals surface area contributed by atoms with Crippen LogP contribution in [-0.4, -0.2) is 27.1 Å². The lowest BCUT2D eigenvalue weighted by molar-refractivity contribution is -0.123. The van der Waals surface area contributed by atoms with Crippen molar-refractivity contribution in [1.29, 1.82) is 0 Å². The molecule has 0 bridgehead atoms. The zero-order valence-corrected chi connectivity index (χ0v) is 11.5. The van der Waals surface area contributed by atoms with Gasteiger partial charge in [-0.1, -0.05) is 6.07 Å². The first-order valence-electron chi connectivity index (χ1n) is 5.48. The van der Waals surface area contributed by atoms with Gasteiger partial charge in [-0.2, -0.15) is 0 Å². The second-order valence-corrected chi connectivity index (χ2v) is 6.86. The van der Waals surface area contributed by atoms with E-state index in [0.717, 1.165) is 6.26 Å². The Morgan fingerprint density at radius 3 is 2.50 bits per heavy atom. The van der Waals surface area contributed by atoms with Gasteiger partial charge in [0.2, 0.25) is 5.91 Å². The Labute approximate surface area is 107 Å². The lowest BCUT2D eigenvalue weighted by Gasteiger charge is -2.21. The summed E-state index contributed by atoms with van der Waals surface area (Å²) in [5.41, 5.74) is 5.26. The molecular weight excluding hydrogens is 252 g/mol. The first-order valence-corrected chi connectivity index (χ1v) is 7.37. The number of amides is 1. The highest BCUT2D eigenvalue weighted by atomic mass is 32.2. The molecule has 0 saturated heterocycles. The molecule has 0 saturated carbocycles. The molecule has 1 aromatic carbocycles. The SMILES string of the molecule is CC(C)(CN)C(=O)Nc1cccc(S(C)(=O)=O)c1. The molecule has 0 aliphatic heterocycles.